The fourth-order valence-corrected chi connectivity index (χ4v) is 3.18. The molecule has 10 heteroatoms. The van der Waals surface area contributed by atoms with E-state index in [1.54, 1.807) is 0 Å². The van der Waals surface area contributed by atoms with Gasteiger partial charge in [0.25, 0.3) is 11.8 Å². The van der Waals surface area contributed by atoms with Crippen molar-refractivity contribution >= 4 is 23.9 Å². The molecule has 0 spiro atoms. The zero-order valence-corrected chi connectivity index (χ0v) is 15.2. The van der Waals surface area contributed by atoms with Crippen LogP contribution in [-0.4, -0.2) is 66.8 Å². The lowest BCUT2D eigenvalue weighted by Gasteiger charge is -2.34. The Labute approximate surface area is 159 Å². The summed E-state index contributed by atoms with van der Waals surface area (Å²) in [4.78, 5) is 51.0. The van der Waals surface area contributed by atoms with Gasteiger partial charge in [-0.3, -0.25) is 14.4 Å². The molecule has 1 aromatic carbocycles. The van der Waals surface area contributed by atoms with Crippen LogP contribution in [0.15, 0.2) is 18.2 Å². The Kier molecular flexibility index (Phi) is 5.88. The monoisotopic (exact) mass is 394 g/mol. The summed E-state index contributed by atoms with van der Waals surface area (Å²) in [5, 5.41) is 0. The van der Waals surface area contributed by atoms with Crippen molar-refractivity contribution in [2.45, 2.75) is 25.4 Å². The minimum Gasteiger partial charge on any atom is -0.432 e. The van der Waals surface area contributed by atoms with E-state index in [0.29, 0.717) is 11.1 Å². The summed E-state index contributed by atoms with van der Waals surface area (Å²) < 4.78 is 27.6. The van der Waals surface area contributed by atoms with Crippen LogP contribution in [-0.2, 0) is 30.3 Å². The average Bonchev–Trinajstić information content (AvgIpc) is 2.97. The molecular weight excluding hydrogens is 375 g/mol. The molecule has 1 atom stereocenters. The molecule has 1 aromatic rings. The summed E-state index contributed by atoms with van der Waals surface area (Å²) in [6.45, 7) is -0.387. The van der Waals surface area contributed by atoms with Gasteiger partial charge in [-0.2, -0.15) is 0 Å². The number of ether oxygens (including phenoxy) is 3. The molecule has 2 aliphatic heterocycles. The first kappa shape index (κ1) is 19.7. The van der Waals surface area contributed by atoms with E-state index in [4.69, 9.17) is 14.2 Å². The van der Waals surface area contributed by atoms with Crippen molar-refractivity contribution in [1.82, 2.24) is 9.80 Å². The van der Waals surface area contributed by atoms with Gasteiger partial charge in [0.05, 0.1) is 6.61 Å². The van der Waals surface area contributed by atoms with E-state index in [1.807, 2.05) is 0 Å². The van der Waals surface area contributed by atoms with Crippen LogP contribution in [0.1, 0.15) is 28.8 Å². The number of benzene rings is 1. The minimum absolute atomic E-state index is 0.00692. The molecule has 0 saturated carbocycles. The lowest BCUT2D eigenvalue weighted by atomic mass is 10.0. The number of piperidine rings is 1. The third kappa shape index (κ3) is 3.96. The summed E-state index contributed by atoms with van der Waals surface area (Å²) >= 11 is 0. The van der Waals surface area contributed by atoms with Crippen molar-refractivity contribution in [3.8, 4) is 0 Å². The maximum absolute atomic E-state index is 13.4. The zero-order chi connectivity index (χ0) is 20.3. The normalized spacial score (nSPS) is 19.1. The largest absolute Gasteiger partial charge is 0.510 e. The first-order valence-electron chi connectivity index (χ1n) is 8.64. The van der Waals surface area contributed by atoms with Crippen LogP contribution in [0.4, 0.5) is 9.18 Å². The first-order chi connectivity index (χ1) is 13.4. The second kappa shape index (κ2) is 8.34. The number of amides is 3. The summed E-state index contributed by atoms with van der Waals surface area (Å²) in [6, 6.07) is 2.92. The molecule has 0 N–H and O–H groups in total. The van der Waals surface area contributed by atoms with Crippen LogP contribution in [0, 0.1) is 5.82 Å². The number of carbonyl (C=O) groups excluding carboxylic acids is 4. The number of halogens is 1. The van der Waals surface area contributed by atoms with E-state index < -0.39 is 42.5 Å². The van der Waals surface area contributed by atoms with E-state index in [2.05, 4.69) is 0 Å². The predicted octanol–water partition coefficient (Wildman–Crippen LogP) is 1.06. The number of methoxy groups -OCH3 is 1. The maximum atomic E-state index is 13.4. The third-order valence-corrected chi connectivity index (χ3v) is 4.58. The molecule has 2 aliphatic rings. The highest BCUT2D eigenvalue weighted by Gasteiger charge is 2.43. The second-order valence-corrected chi connectivity index (χ2v) is 6.31. The Balaban J connectivity index is 1.64. The standard InChI is InChI=1S/C18H19FN2O7/c1-26-6-7-27-18(25)28-10-21-15(22)5-4-14(17(21)24)20-9-11-8-12(19)2-3-13(11)16(20)23/h2-3,8,14H,4-7,9-10H2,1H3. The zero-order valence-electron chi connectivity index (χ0n) is 15.2. The molecule has 3 amide bonds. The van der Waals surface area contributed by atoms with Crippen LogP contribution >= 0.6 is 0 Å². The number of carbonyl (C=O) groups is 4. The van der Waals surface area contributed by atoms with Crippen molar-refractivity contribution in [2.75, 3.05) is 27.1 Å². The van der Waals surface area contributed by atoms with Crippen LogP contribution in [0.2, 0.25) is 0 Å². The van der Waals surface area contributed by atoms with Crippen LogP contribution in [0.3, 0.4) is 0 Å². The molecule has 1 unspecified atom stereocenters. The van der Waals surface area contributed by atoms with Gasteiger partial charge in [-0.05, 0) is 30.2 Å². The Morgan fingerprint density at radius 3 is 2.75 bits per heavy atom. The van der Waals surface area contributed by atoms with Crippen molar-refractivity contribution in [2.24, 2.45) is 0 Å². The smallest absolute Gasteiger partial charge is 0.432 e. The molecule has 150 valence electrons. The fraction of sp³-hybridized carbons (Fsp3) is 0.444. The van der Waals surface area contributed by atoms with Crippen molar-refractivity contribution < 1.29 is 37.8 Å². The molecule has 0 radical (unpaired) electrons. The number of fused-ring (bicyclic) bond motifs is 1. The highest BCUT2D eigenvalue weighted by atomic mass is 19.1. The van der Waals surface area contributed by atoms with E-state index in [0.717, 1.165) is 4.90 Å². The number of imide groups is 1. The van der Waals surface area contributed by atoms with Gasteiger partial charge in [-0.15, -0.1) is 0 Å². The topological polar surface area (TPSA) is 102 Å². The van der Waals surface area contributed by atoms with Crippen LogP contribution in [0.25, 0.3) is 0 Å². The Morgan fingerprint density at radius 1 is 1.21 bits per heavy atom. The summed E-state index contributed by atoms with van der Waals surface area (Å²) in [5.74, 6) is -2.04. The molecule has 0 bridgehead atoms. The maximum Gasteiger partial charge on any atom is 0.510 e. The summed E-state index contributed by atoms with van der Waals surface area (Å²) in [5.41, 5.74) is 0.815. The van der Waals surface area contributed by atoms with E-state index in [-0.39, 0.29) is 32.6 Å². The summed E-state index contributed by atoms with van der Waals surface area (Å²) in [6.07, 6.45) is -0.887. The number of rotatable bonds is 6. The minimum atomic E-state index is -1.04. The molecule has 1 fully saturated rings. The average molecular weight is 394 g/mol. The van der Waals surface area contributed by atoms with Crippen molar-refractivity contribution in [3.63, 3.8) is 0 Å². The van der Waals surface area contributed by atoms with Gasteiger partial charge in [-0.25, -0.2) is 14.1 Å². The number of hydrogen-bond acceptors (Lipinski definition) is 7. The molecular formula is C18H19FN2O7. The lowest BCUT2D eigenvalue weighted by Crippen LogP contribution is -2.55. The Morgan fingerprint density at radius 2 is 2.00 bits per heavy atom. The highest BCUT2D eigenvalue weighted by Crippen LogP contribution is 2.29. The van der Waals surface area contributed by atoms with E-state index >= 15 is 0 Å². The molecule has 2 heterocycles. The van der Waals surface area contributed by atoms with Crippen molar-refractivity contribution in [1.29, 1.82) is 0 Å². The number of nitrogens with zero attached hydrogens (tertiary/aromatic N) is 2. The van der Waals surface area contributed by atoms with Crippen molar-refractivity contribution in [3.05, 3.63) is 35.1 Å². The quantitative estimate of drug-likeness (QED) is 0.404. The van der Waals surface area contributed by atoms with Gasteiger partial charge in [-0.1, -0.05) is 0 Å². The van der Waals surface area contributed by atoms with Gasteiger partial charge in [0.2, 0.25) is 5.91 Å². The second-order valence-electron chi connectivity index (χ2n) is 6.31. The Hall–Kier alpha value is -3.01. The molecule has 1 saturated heterocycles. The summed E-state index contributed by atoms with van der Waals surface area (Å²) in [7, 11) is 1.44. The van der Waals surface area contributed by atoms with E-state index in [1.165, 1.54) is 30.2 Å². The van der Waals surface area contributed by atoms with Crippen LogP contribution in [0.5, 0.6) is 0 Å². The Bertz CT molecular complexity index is 813. The lowest BCUT2D eigenvalue weighted by molar-refractivity contribution is -0.157. The molecule has 3 rings (SSSR count). The fourth-order valence-electron chi connectivity index (χ4n) is 3.18. The van der Waals surface area contributed by atoms with Gasteiger partial charge in [0, 0.05) is 25.6 Å². The van der Waals surface area contributed by atoms with Gasteiger partial charge in [0.1, 0.15) is 18.5 Å². The number of hydrogen-bond donors (Lipinski definition) is 0. The molecule has 0 aliphatic carbocycles. The van der Waals surface area contributed by atoms with Gasteiger partial charge < -0.3 is 19.1 Å². The van der Waals surface area contributed by atoms with Gasteiger partial charge in [0.15, 0.2) is 6.73 Å². The number of likely N-dealkylation sites (tertiary alicyclic amines) is 1. The highest BCUT2D eigenvalue weighted by molar-refractivity contribution is 6.05. The SMILES string of the molecule is COCCOC(=O)OCN1C(=O)CCC(N2Cc3cc(F)ccc3C2=O)C1=O. The first-order valence-corrected chi connectivity index (χ1v) is 8.64. The van der Waals surface area contributed by atoms with E-state index in [9.17, 15) is 23.6 Å². The van der Waals surface area contributed by atoms with Gasteiger partial charge >= 0.3 is 6.16 Å². The third-order valence-electron chi connectivity index (χ3n) is 4.58. The molecule has 0 aromatic heterocycles. The predicted molar refractivity (Wildman–Crippen MR) is 90.3 cm³/mol. The van der Waals surface area contributed by atoms with Crippen LogP contribution < -0.4 is 0 Å². The molecule has 28 heavy (non-hydrogen) atoms. The molecule has 9 nitrogen and oxygen atoms in total.